The monoisotopic (exact) mass is 424 g/mol. The van der Waals surface area contributed by atoms with E-state index in [1.54, 1.807) is 11.8 Å². The summed E-state index contributed by atoms with van der Waals surface area (Å²) in [6, 6.07) is 15.4. The first kappa shape index (κ1) is 24.4. The van der Waals surface area contributed by atoms with Gasteiger partial charge in [0, 0.05) is 19.5 Å². The zero-order valence-corrected chi connectivity index (χ0v) is 19.5. The van der Waals surface area contributed by atoms with E-state index < -0.39 is 6.04 Å². The van der Waals surface area contributed by atoms with Crippen LogP contribution in [0.5, 0.6) is 5.75 Å². The van der Waals surface area contributed by atoms with Crippen molar-refractivity contribution in [3.8, 4) is 5.75 Å². The van der Waals surface area contributed by atoms with Crippen molar-refractivity contribution < 1.29 is 14.3 Å². The van der Waals surface area contributed by atoms with Crippen LogP contribution in [0.2, 0.25) is 0 Å². The van der Waals surface area contributed by atoms with Crippen molar-refractivity contribution >= 4 is 11.8 Å². The van der Waals surface area contributed by atoms with Gasteiger partial charge in [-0.3, -0.25) is 9.59 Å². The Morgan fingerprint density at radius 1 is 1.00 bits per heavy atom. The minimum Gasteiger partial charge on any atom is -0.494 e. The average molecular weight is 425 g/mol. The van der Waals surface area contributed by atoms with E-state index in [9.17, 15) is 9.59 Å². The number of benzene rings is 2. The zero-order chi connectivity index (χ0) is 22.8. The lowest BCUT2D eigenvalue weighted by Crippen LogP contribution is -2.48. The molecule has 0 spiro atoms. The number of nitrogens with one attached hydrogen (secondary N) is 1. The summed E-state index contributed by atoms with van der Waals surface area (Å²) >= 11 is 0. The summed E-state index contributed by atoms with van der Waals surface area (Å²) in [5, 5.41) is 2.95. The molecule has 0 fully saturated rings. The van der Waals surface area contributed by atoms with Crippen LogP contribution in [0.4, 0.5) is 0 Å². The summed E-state index contributed by atoms with van der Waals surface area (Å²) in [6.45, 7) is 11.4. The largest absolute Gasteiger partial charge is 0.494 e. The number of hydrogen-bond acceptors (Lipinski definition) is 3. The van der Waals surface area contributed by atoms with E-state index in [0.29, 0.717) is 38.5 Å². The van der Waals surface area contributed by atoms with E-state index in [2.05, 4.69) is 25.2 Å². The molecule has 0 aliphatic carbocycles. The quantitative estimate of drug-likeness (QED) is 0.534. The predicted octanol–water partition coefficient (Wildman–Crippen LogP) is 4.65. The highest BCUT2D eigenvalue weighted by Gasteiger charge is 2.25. The lowest BCUT2D eigenvalue weighted by atomic mass is 10.1. The van der Waals surface area contributed by atoms with Gasteiger partial charge in [0.15, 0.2) is 0 Å². The molecule has 31 heavy (non-hydrogen) atoms. The maximum atomic E-state index is 13.1. The molecule has 1 N–H and O–H groups in total. The third-order valence-electron chi connectivity index (χ3n) is 5.11. The molecule has 2 aromatic carbocycles. The number of hydrogen-bond donors (Lipinski definition) is 1. The summed E-state index contributed by atoms with van der Waals surface area (Å²) in [5.41, 5.74) is 3.33. The molecule has 1 unspecified atom stereocenters. The first-order valence-electron chi connectivity index (χ1n) is 11.1. The molecule has 1 atom stereocenters. The van der Waals surface area contributed by atoms with Crippen molar-refractivity contribution in [3.63, 3.8) is 0 Å². The molecule has 0 radical (unpaired) electrons. The van der Waals surface area contributed by atoms with Crippen molar-refractivity contribution in [2.75, 3.05) is 13.2 Å². The van der Waals surface area contributed by atoms with Gasteiger partial charge in [-0.25, -0.2) is 0 Å². The summed E-state index contributed by atoms with van der Waals surface area (Å²) in [7, 11) is 0. The Bertz CT molecular complexity index is 846. The second-order valence-corrected chi connectivity index (χ2v) is 8.59. The van der Waals surface area contributed by atoms with Gasteiger partial charge >= 0.3 is 0 Å². The van der Waals surface area contributed by atoms with Crippen molar-refractivity contribution in [1.29, 1.82) is 0 Å². The molecule has 0 aliphatic heterocycles. The van der Waals surface area contributed by atoms with E-state index in [1.807, 2.05) is 56.3 Å². The van der Waals surface area contributed by atoms with Gasteiger partial charge in [0.05, 0.1) is 6.61 Å². The number of aryl methyl sites for hydroxylation is 2. The van der Waals surface area contributed by atoms with Crippen LogP contribution in [0.1, 0.15) is 50.3 Å². The number of rotatable bonds is 11. The molecule has 0 heterocycles. The lowest BCUT2D eigenvalue weighted by molar-refractivity contribution is -0.140. The van der Waals surface area contributed by atoms with Crippen molar-refractivity contribution in [2.24, 2.45) is 5.92 Å². The van der Waals surface area contributed by atoms with E-state index in [1.165, 1.54) is 5.56 Å². The fourth-order valence-electron chi connectivity index (χ4n) is 3.23. The van der Waals surface area contributed by atoms with Crippen LogP contribution in [0.25, 0.3) is 0 Å². The van der Waals surface area contributed by atoms with Crippen molar-refractivity contribution in [3.05, 3.63) is 65.2 Å². The molecule has 0 saturated carbocycles. The topological polar surface area (TPSA) is 58.6 Å². The molecular weight excluding hydrogens is 388 g/mol. The second kappa shape index (κ2) is 12.1. The van der Waals surface area contributed by atoms with Gasteiger partial charge in [-0.15, -0.1) is 0 Å². The van der Waals surface area contributed by atoms with Crippen LogP contribution in [0.15, 0.2) is 48.5 Å². The van der Waals surface area contributed by atoms with Gasteiger partial charge < -0.3 is 15.0 Å². The molecule has 2 rings (SSSR count). The molecule has 0 aliphatic rings. The summed E-state index contributed by atoms with van der Waals surface area (Å²) in [6.07, 6.45) is 0.927. The van der Waals surface area contributed by atoms with Crippen LogP contribution in [0, 0.1) is 19.8 Å². The highest BCUT2D eigenvalue weighted by Crippen LogP contribution is 2.15. The van der Waals surface area contributed by atoms with Crippen molar-refractivity contribution in [2.45, 2.75) is 60.0 Å². The normalized spacial score (nSPS) is 11.8. The molecule has 0 bridgehead atoms. The van der Waals surface area contributed by atoms with Gasteiger partial charge in [0.2, 0.25) is 11.8 Å². The minimum atomic E-state index is -0.537. The van der Waals surface area contributed by atoms with Gasteiger partial charge in [0.25, 0.3) is 0 Å². The van der Waals surface area contributed by atoms with Crippen molar-refractivity contribution in [1.82, 2.24) is 10.2 Å². The number of ether oxygens (including phenoxy) is 1. The molecule has 0 aromatic heterocycles. The second-order valence-electron chi connectivity index (χ2n) is 8.59. The van der Waals surface area contributed by atoms with Gasteiger partial charge in [-0.05, 0) is 50.8 Å². The highest BCUT2D eigenvalue weighted by molar-refractivity contribution is 5.87. The molecule has 5 heteroatoms. The molecular formula is C26H36N2O3. The number of carbonyl (C=O) groups is 2. The predicted molar refractivity (Wildman–Crippen MR) is 125 cm³/mol. The van der Waals surface area contributed by atoms with Gasteiger partial charge in [0.1, 0.15) is 11.8 Å². The fourth-order valence-corrected chi connectivity index (χ4v) is 3.23. The minimum absolute atomic E-state index is 0.0405. The third kappa shape index (κ3) is 8.44. The average Bonchev–Trinajstić information content (AvgIpc) is 2.74. The Morgan fingerprint density at radius 2 is 1.71 bits per heavy atom. The van der Waals surface area contributed by atoms with E-state index in [4.69, 9.17) is 4.74 Å². The molecule has 2 amide bonds. The summed E-state index contributed by atoms with van der Waals surface area (Å²) in [5.74, 6) is 0.999. The standard InChI is InChI=1S/C26H36N2O3/c1-19(2)17-27-26(30)22(5)28(18-23-9-6-8-21(4)16-23)25(29)10-7-15-31-24-13-11-20(3)12-14-24/h6,8-9,11-14,16,19,22H,7,10,15,17-18H2,1-5H3,(H,27,30). The van der Waals surface area contributed by atoms with Gasteiger partial charge in [-0.2, -0.15) is 0 Å². The number of nitrogens with zero attached hydrogens (tertiary/aromatic N) is 1. The third-order valence-corrected chi connectivity index (χ3v) is 5.11. The summed E-state index contributed by atoms with van der Waals surface area (Å²) in [4.78, 5) is 27.4. The zero-order valence-electron chi connectivity index (χ0n) is 19.5. The Morgan fingerprint density at radius 3 is 2.35 bits per heavy atom. The van der Waals surface area contributed by atoms with E-state index in [0.717, 1.165) is 16.9 Å². The first-order valence-corrected chi connectivity index (χ1v) is 11.1. The maximum Gasteiger partial charge on any atom is 0.242 e. The Hall–Kier alpha value is -2.82. The number of amides is 2. The smallest absolute Gasteiger partial charge is 0.242 e. The first-order chi connectivity index (χ1) is 14.8. The maximum absolute atomic E-state index is 13.1. The van der Waals surface area contributed by atoms with Crippen LogP contribution in [-0.4, -0.2) is 35.9 Å². The fraction of sp³-hybridized carbons (Fsp3) is 0.462. The van der Waals surface area contributed by atoms with Crippen LogP contribution in [-0.2, 0) is 16.1 Å². The van der Waals surface area contributed by atoms with Crippen LogP contribution >= 0.6 is 0 Å². The van der Waals surface area contributed by atoms with Gasteiger partial charge in [-0.1, -0.05) is 61.4 Å². The van der Waals surface area contributed by atoms with Crippen LogP contribution < -0.4 is 10.1 Å². The number of carbonyl (C=O) groups excluding carboxylic acids is 2. The lowest BCUT2D eigenvalue weighted by Gasteiger charge is -2.29. The molecule has 0 saturated heterocycles. The summed E-state index contributed by atoms with van der Waals surface area (Å²) < 4.78 is 5.75. The Balaban J connectivity index is 1.98. The Labute approximate surface area is 186 Å². The van der Waals surface area contributed by atoms with Crippen LogP contribution in [0.3, 0.4) is 0 Å². The molecule has 5 nitrogen and oxygen atoms in total. The van der Waals surface area contributed by atoms with E-state index >= 15 is 0 Å². The SMILES string of the molecule is Cc1ccc(OCCCC(=O)N(Cc2cccc(C)c2)C(C)C(=O)NCC(C)C)cc1. The Kier molecular flexibility index (Phi) is 9.57. The highest BCUT2D eigenvalue weighted by atomic mass is 16.5. The molecule has 168 valence electrons. The molecule has 2 aromatic rings. The van der Waals surface area contributed by atoms with E-state index in [-0.39, 0.29) is 11.8 Å².